The van der Waals surface area contributed by atoms with E-state index >= 15 is 0 Å². The molecule has 0 bridgehead atoms. The predicted molar refractivity (Wildman–Crippen MR) is 69.1 cm³/mol. The fourth-order valence-corrected chi connectivity index (χ4v) is 1.29. The van der Waals surface area contributed by atoms with Crippen LogP contribution in [0.15, 0.2) is 18.2 Å². The average Bonchev–Trinajstić information content (AvgIpc) is 2.36. The van der Waals surface area contributed by atoms with Gasteiger partial charge < -0.3 is 20.3 Å². The quantitative estimate of drug-likeness (QED) is 0.620. The molecule has 0 atom stereocenters. The van der Waals surface area contributed by atoms with Crippen molar-refractivity contribution in [1.82, 2.24) is 0 Å². The highest BCUT2D eigenvalue weighted by Crippen LogP contribution is 2.26. The van der Waals surface area contributed by atoms with Crippen LogP contribution in [0.2, 0.25) is 0 Å². The van der Waals surface area contributed by atoms with Crippen molar-refractivity contribution >= 4 is 17.6 Å². The summed E-state index contributed by atoms with van der Waals surface area (Å²) < 4.78 is 9.97. The molecule has 1 aromatic carbocycles. The Morgan fingerprint density at radius 3 is 2.53 bits per heavy atom. The van der Waals surface area contributed by atoms with E-state index in [-0.39, 0.29) is 17.9 Å². The van der Waals surface area contributed by atoms with Gasteiger partial charge in [-0.3, -0.25) is 4.79 Å². The van der Waals surface area contributed by atoms with Gasteiger partial charge in [-0.2, -0.15) is 0 Å². The van der Waals surface area contributed by atoms with E-state index in [0.717, 1.165) is 0 Å². The van der Waals surface area contributed by atoms with E-state index in [1.54, 1.807) is 12.1 Å². The number of hydrogen-bond acceptors (Lipinski definition) is 5. The minimum Gasteiger partial charge on any atom is -0.495 e. The first-order valence-corrected chi connectivity index (χ1v) is 5.62. The topological polar surface area (TPSA) is 98.8 Å². The first kappa shape index (κ1) is 14.8. The Morgan fingerprint density at radius 2 is 2.00 bits per heavy atom. The van der Waals surface area contributed by atoms with Gasteiger partial charge in [0, 0.05) is 0 Å². The maximum Gasteiger partial charge on any atom is 0.340 e. The van der Waals surface area contributed by atoms with Crippen molar-refractivity contribution in [3.8, 4) is 5.75 Å². The molecule has 0 heterocycles. The van der Waals surface area contributed by atoms with Crippen molar-refractivity contribution in [2.75, 3.05) is 19.5 Å². The number of carbonyl (C=O) groups is 2. The van der Waals surface area contributed by atoms with E-state index in [0.29, 0.717) is 5.75 Å². The van der Waals surface area contributed by atoms with Gasteiger partial charge in [0.15, 0.2) is 0 Å². The summed E-state index contributed by atoms with van der Waals surface area (Å²) in [7, 11) is 1.44. The number of ether oxygens (including phenoxy) is 2. The second-order valence-corrected chi connectivity index (χ2v) is 4.69. The number of benzene rings is 1. The number of hydrogen-bond donors (Lipinski definition) is 2. The third-order valence-corrected chi connectivity index (χ3v) is 2.65. The summed E-state index contributed by atoms with van der Waals surface area (Å²) in [5, 5.41) is 8.93. The van der Waals surface area contributed by atoms with Gasteiger partial charge in [0.05, 0.1) is 23.8 Å². The summed E-state index contributed by atoms with van der Waals surface area (Å²) in [4.78, 5) is 22.8. The van der Waals surface area contributed by atoms with Crippen molar-refractivity contribution in [3.05, 3.63) is 23.8 Å². The SMILES string of the molecule is COc1cccc(C(=O)OCC(C)(C)C(=O)O)c1N. The number of aliphatic carboxylic acids is 1. The number of carbonyl (C=O) groups excluding carboxylic acids is 1. The molecule has 0 saturated carbocycles. The normalized spacial score (nSPS) is 10.9. The Morgan fingerprint density at radius 1 is 1.37 bits per heavy atom. The number of nitrogen functional groups attached to an aromatic ring is 1. The van der Waals surface area contributed by atoms with Gasteiger partial charge in [0.25, 0.3) is 0 Å². The zero-order valence-corrected chi connectivity index (χ0v) is 11.1. The van der Waals surface area contributed by atoms with E-state index in [1.165, 1.54) is 27.0 Å². The van der Waals surface area contributed by atoms with E-state index < -0.39 is 17.4 Å². The molecule has 104 valence electrons. The minimum absolute atomic E-state index is 0.153. The van der Waals surface area contributed by atoms with E-state index in [1.807, 2.05) is 0 Å². The molecule has 0 fully saturated rings. The van der Waals surface area contributed by atoms with Gasteiger partial charge in [-0.15, -0.1) is 0 Å². The third kappa shape index (κ3) is 3.37. The van der Waals surface area contributed by atoms with Crippen LogP contribution in [-0.2, 0) is 9.53 Å². The van der Waals surface area contributed by atoms with Gasteiger partial charge in [-0.1, -0.05) is 6.07 Å². The van der Waals surface area contributed by atoms with Crippen LogP contribution >= 0.6 is 0 Å². The number of carboxylic acids is 1. The monoisotopic (exact) mass is 267 g/mol. The molecule has 6 heteroatoms. The number of esters is 1. The molecule has 19 heavy (non-hydrogen) atoms. The Balaban J connectivity index is 2.83. The molecule has 0 aliphatic rings. The van der Waals surface area contributed by atoms with Gasteiger partial charge in [-0.25, -0.2) is 4.79 Å². The summed E-state index contributed by atoms with van der Waals surface area (Å²) in [6.07, 6.45) is 0. The smallest absolute Gasteiger partial charge is 0.340 e. The molecule has 6 nitrogen and oxygen atoms in total. The predicted octanol–water partition coefficient (Wildman–Crippen LogP) is 1.54. The van der Waals surface area contributed by atoms with Gasteiger partial charge in [0.1, 0.15) is 12.4 Å². The van der Waals surface area contributed by atoms with Crippen molar-refractivity contribution in [2.45, 2.75) is 13.8 Å². The van der Waals surface area contributed by atoms with Crippen LogP contribution in [0.25, 0.3) is 0 Å². The maximum absolute atomic E-state index is 11.9. The summed E-state index contributed by atoms with van der Waals surface area (Å²) >= 11 is 0. The van der Waals surface area contributed by atoms with Crippen molar-refractivity contribution < 1.29 is 24.2 Å². The molecular weight excluding hydrogens is 250 g/mol. The lowest BCUT2D eigenvalue weighted by molar-refractivity contribution is -0.149. The molecule has 0 spiro atoms. The number of methoxy groups -OCH3 is 1. The number of nitrogens with two attached hydrogens (primary N) is 1. The van der Waals surface area contributed by atoms with Crippen LogP contribution in [0.4, 0.5) is 5.69 Å². The van der Waals surface area contributed by atoms with E-state index in [9.17, 15) is 9.59 Å². The van der Waals surface area contributed by atoms with Crippen molar-refractivity contribution in [2.24, 2.45) is 5.41 Å². The highest BCUT2D eigenvalue weighted by molar-refractivity contribution is 5.96. The first-order valence-electron chi connectivity index (χ1n) is 5.62. The highest BCUT2D eigenvalue weighted by atomic mass is 16.5. The van der Waals surface area contributed by atoms with E-state index in [2.05, 4.69) is 0 Å². The molecule has 0 aliphatic heterocycles. The fraction of sp³-hybridized carbons (Fsp3) is 0.385. The van der Waals surface area contributed by atoms with E-state index in [4.69, 9.17) is 20.3 Å². The lowest BCUT2D eigenvalue weighted by Gasteiger charge is -2.19. The van der Waals surface area contributed by atoms with Crippen LogP contribution in [0.5, 0.6) is 5.75 Å². The summed E-state index contributed by atoms with van der Waals surface area (Å²) in [5.41, 5.74) is 4.93. The van der Waals surface area contributed by atoms with Crippen LogP contribution < -0.4 is 10.5 Å². The lowest BCUT2D eigenvalue weighted by atomic mass is 9.95. The molecule has 1 aromatic rings. The zero-order valence-electron chi connectivity index (χ0n) is 11.1. The van der Waals surface area contributed by atoms with Crippen LogP contribution in [0.1, 0.15) is 24.2 Å². The molecular formula is C13H17NO5. The van der Waals surface area contributed by atoms with Crippen LogP contribution in [0, 0.1) is 5.41 Å². The van der Waals surface area contributed by atoms with Gasteiger partial charge in [0.2, 0.25) is 0 Å². The highest BCUT2D eigenvalue weighted by Gasteiger charge is 2.29. The average molecular weight is 267 g/mol. The lowest BCUT2D eigenvalue weighted by Crippen LogP contribution is -2.30. The Labute approximate surface area is 111 Å². The Kier molecular flexibility index (Phi) is 4.37. The Bertz CT molecular complexity index is 496. The summed E-state index contributed by atoms with van der Waals surface area (Å²) in [6.45, 7) is 2.70. The number of para-hydroxylation sites is 1. The molecule has 0 amide bonds. The second kappa shape index (κ2) is 5.60. The first-order chi connectivity index (χ1) is 8.79. The maximum atomic E-state index is 11.9. The number of anilines is 1. The molecule has 3 N–H and O–H groups in total. The minimum atomic E-state index is -1.15. The summed E-state index contributed by atoms with van der Waals surface area (Å²) in [6, 6.07) is 4.72. The molecule has 0 saturated heterocycles. The summed E-state index contributed by atoms with van der Waals surface area (Å²) in [5.74, 6) is -1.35. The van der Waals surface area contributed by atoms with Crippen LogP contribution in [0.3, 0.4) is 0 Å². The molecule has 0 aliphatic carbocycles. The zero-order chi connectivity index (χ0) is 14.6. The molecule has 0 aromatic heterocycles. The van der Waals surface area contributed by atoms with Gasteiger partial charge >= 0.3 is 11.9 Å². The van der Waals surface area contributed by atoms with Gasteiger partial charge in [-0.05, 0) is 26.0 Å². The standard InChI is InChI=1S/C13H17NO5/c1-13(2,12(16)17)7-19-11(15)8-5-4-6-9(18-3)10(8)14/h4-6H,7,14H2,1-3H3,(H,16,17). The molecule has 1 rings (SSSR count). The largest absolute Gasteiger partial charge is 0.495 e. The number of carboxylic acid groups (broad SMARTS) is 1. The van der Waals surface area contributed by atoms with Crippen LogP contribution in [-0.4, -0.2) is 30.8 Å². The van der Waals surface area contributed by atoms with Crippen molar-refractivity contribution in [3.63, 3.8) is 0 Å². The fourth-order valence-electron chi connectivity index (χ4n) is 1.29. The third-order valence-electron chi connectivity index (χ3n) is 2.65. The molecule has 0 radical (unpaired) electrons. The van der Waals surface area contributed by atoms with Crippen molar-refractivity contribution in [1.29, 1.82) is 0 Å². The second-order valence-electron chi connectivity index (χ2n) is 4.69. The Hall–Kier alpha value is -2.24. The molecule has 0 unspecified atom stereocenters. The number of rotatable bonds is 5.